The van der Waals surface area contributed by atoms with E-state index in [2.05, 4.69) is 5.10 Å². The highest BCUT2D eigenvalue weighted by atomic mass is 35.5. The lowest BCUT2D eigenvalue weighted by molar-refractivity contribution is 0.104. The first-order valence-electron chi connectivity index (χ1n) is 5.48. The van der Waals surface area contributed by atoms with E-state index in [0.29, 0.717) is 16.1 Å². The zero-order valence-corrected chi connectivity index (χ0v) is 10.1. The minimum atomic E-state index is -0.0706. The number of nitrogens with zero attached hydrogens (tertiary/aromatic N) is 2. The van der Waals surface area contributed by atoms with E-state index in [-0.39, 0.29) is 5.78 Å². The lowest BCUT2D eigenvalue weighted by atomic mass is 10.1. The van der Waals surface area contributed by atoms with Crippen molar-refractivity contribution in [2.24, 2.45) is 0 Å². The monoisotopic (exact) mass is 256 g/mol. The van der Waals surface area contributed by atoms with Crippen molar-refractivity contribution >= 4 is 22.9 Å². The third kappa shape index (κ3) is 1.79. The number of ketones is 1. The molecule has 0 N–H and O–H groups in total. The maximum absolute atomic E-state index is 12.4. The highest BCUT2D eigenvalue weighted by molar-refractivity contribution is 6.31. The maximum Gasteiger partial charge on any atom is 0.196 e. The second-order valence-corrected chi connectivity index (χ2v) is 4.36. The van der Waals surface area contributed by atoms with E-state index in [1.807, 2.05) is 24.4 Å². The van der Waals surface area contributed by atoms with Gasteiger partial charge in [-0.3, -0.25) is 4.79 Å². The smallest absolute Gasteiger partial charge is 0.196 e. The molecule has 3 nitrogen and oxygen atoms in total. The van der Waals surface area contributed by atoms with Crippen molar-refractivity contribution in [3.8, 4) is 0 Å². The summed E-state index contributed by atoms with van der Waals surface area (Å²) in [6.45, 7) is 0. The second-order valence-electron chi connectivity index (χ2n) is 3.93. The zero-order valence-electron chi connectivity index (χ0n) is 9.38. The first-order chi connectivity index (χ1) is 8.75. The van der Waals surface area contributed by atoms with Gasteiger partial charge in [-0.2, -0.15) is 5.10 Å². The van der Waals surface area contributed by atoms with Crippen LogP contribution >= 0.6 is 11.6 Å². The number of benzene rings is 1. The molecule has 0 atom stereocenters. The van der Waals surface area contributed by atoms with E-state index in [1.165, 1.54) is 0 Å². The fourth-order valence-corrected chi connectivity index (χ4v) is 2.08. The molecule has 3 rings (SSSR count). The fraction of sp³-hybridized carbons (Fsp3) is 0. The molecule has 0 aliphatic carbocycles. The van der Waals surface area contributed by atoms with E-state index in [0.717, 1.165) is 5.52 Å². The number of carbonyl (C=O) groups is 1. The maximum atomic E-state index is 12.4. The van der Waals surface area contributed by atoms with Gasteiger partial charge in [-0.15, -0.1) is 0 Å². The molecular weight excluding hydrogens is 248 g/mol. The lowest BCUT2D eigenvalue weighted by Gasteiger charge is -2.00. The van der Waals surface area contributed by atoms with Crippen LogP contribution in [-0.4, -0.2) is 15.4 Å². The van der Waals surface area contributed by atoms with Crippen molar-refractivity contribution in [2.75, 3.05) is 0 Å². The summed E-state index contributed by atoms with van der Waals surface area (Å²) in [5.74, 6) is -0.0706. The molecule has 0 unspecified atom stereocenters. The summed E-state index contributed by atoms with van der Waals surface area (Å²) in [6.07, 6.45) is 3.39. The Hall–Kier alpha value is -2.13. The number of halogens is 1. The number of hydrogen-bond acceptors (Lipinski definition) is 2. The predicted molar refractivity (Wildman–Crippen MR) is 70.1 cm³/mol. The summed E-state index contributed by atoms with van der Waals surface area (Å²) < 4.78 is 1.68. The Morgan fingerprint density at radius 1 is 1.17 bits per heavy atom. The topological polar surface area (TPSA) is 34.4 Å². The molecule has 0 radical (unpaired) electrons. The van der Waals surface area contributed by atoms with Gasteiger partial charge >= 0.3 is 0 Å². The number of fused-ring (bicyclic) bond motifs is 1. The molecule has 0 saturated heterocycles. The normalized spacial score (nSPS) is 10.7. The van der Waals surface area contributed by atoms with Crippen LogP contribution in [0.4, 0.5) is 0 Å². The van der Waals surface area contributed by atoms with Crippen LogP contribution < -0.4 is 0 Å². The van der Waals surface area contributed by atoms with Crippen LogP contribution in [0.3, 0.4) is 0 Å². The number of rotatable bonds is 2. The first-order valence-corrected chi connectivity index (χ1v) is 5.86. The van der Waals surface area contributed by atoms with Crippen molar-refractivity contribution < 1.29 is 4.79 Å². The molecule has 0 bridgehead atoms. The van der Waals surface area contributed by atoms with Crippen molar-refractivity contribution in [2.45, 2.75) is 0 Å². The zero-order chi connectivity index (χ0) is 12.5. The number of aromatic nitrogens is 2. The standard InChI is InChI=1S/C14H9ClN2O/c15-11-5-3-4-10(8-11)14(18)12-9-16-17-7-2-1-6-13(12)17/h1-9H. The molecule has 0 amide bonds. The van der Waals surface area contributed by atoms with E-state index < -0.39 is 0 Å². The minimum absolute atomic E-state index is 0.0706. The Balaban J connectivity index is 2.12. The largest absolute Gasteiger partial charge is 0.288 e. The molecule has 2 heterocycles. The summed E-state index contributed by atoms with van der Waals surface area (Å²) in [5, 5.41) is 4.70. The number of pyridine rings is 1. The van der Waals surface area contributed by atoms with Gasteiger partial charge in [-0.1, -0.05) is 29.8 Å². The fourth-order valence-electron chi connectivity index (χ4n) is 1.89. The molecule has 2 aromatic heterocycles. The van der Waals surface area contributed by atoms with Gasteiger partial charge in [0, 0.05) is 16.8 Å². The van der Waals surface area contributed by atoms with Crippen LogP contribution in [-0.2, 0) is 0 Å². The molecule has 0 spiro atoms. The van der Waals surface area contributed by atoms with E-state index in [9.17, 15) is 4.79 Å². The highest BCUT2D eigenvalue weighted by Gasteiger charge is 2.14. The Labute approximate surface area is 109 Å². The average Bonchev–Trinajstić information content (AvgIpc) is 2.82. The second kappa shape index (κ2) is 4.27. The molecule has 1 aromatic carbocycles. The minimum Gasteiger partial charge on any atom is -0.288 e. The SMILES string of the molecule is O=C(c1cccc(Cl)c1)c1cnn2ccccc12. The van der Waals surface area contributed by atoms with Crippen LogP contribution in [0.25, 0.3) is 5.52 Å². The van der Waals surface area contributed by atoms with Crippen LogP contribution in [0, 0.1) is 0 Å². The predicted octanol–water partition coefficient (Wildman–Crippen LogP) is 3.22. The van der Waals surface area contributed by atoms with Gasteiger partial charge in [0.15, 0.2) is 5.78 Å². The van der Waals surface area contributed by atoms with Gasteiger partial charge in [0.1, 0.15) is 0 Å². The molecule has 4 heteroatoms. The lowest BCUT2D eigenvalue weighted by Crippen LogP contribution is -2.00. The summed E-state index contributed by atoms with van der Waals surface area (Å²) in [5.41, 5.74) is 1.95. The van der Waals surface area contributed by atoms with Gasteiger partial charge < -0.3 is 0 Å². The molecule has 3 aromatic rings. The van der Waals surface area contributed by atoms with Gasteiger partial charge in [0.25, 0.3) is 0 Å². The van der Waals surface area contributed by atoms with Crippen molar-refractivity contribution in [3.63, 3.8) is 0 Å². The van der Waals surface area contributed by atoms with E-state index >= 15 is 0 Å². The number of carbonyl (C=O) groups excluding carboxylic acids is 1. The van der Waals surface area contributed by atoms with Gasteiger partial charge in [0.2, 0.25) is 0 Å². The Kier molecular flexibility index (Phi) is 2.61. The molecule has 18 heavy (non-hydrogen) atoms. The van der Waals surface area contributed by atoms with E-state index in [4.69, 9.17) is 11.6 Å². The number of hydrogen-bond donors (Lipinski definition) is 0. The quantitative estimate of drug-likeness (QED) is 0.660. The summed E-state index contributed by atoms with van der Waals surface area (Å²) in [7, 11) is 0. The van der Waals surface area contributed by atoms with Crippen LogP contribution in [0.15, 0.2) is 54.9 Å². The van der Waals surface area contributed by atoms with Crippen molar-refractivity contribution in [1.82, 2.24) is 9.61 Å². The Morgan fingerprint density at radius 2 is 2.06 bits per heavy atom. The first kappa shape index (κ1) is 11.0. The molecule has 0 aliphatic heterocycles. The molecular formula is C14H9ClN2O. The third-order valence-corrected chi connectivity index (χ3v) is 2.99. The van der Waals surface area contributed by atoms with E-state index in [1.54, 1.807) is 35.0 Å². The Morgan fingerprint density at radius 3 is 2.89 bits per heavy atom. The summed E-state index contributed by atoms with van der Waals surface area (Å²) in [6, 6.07) is 12.5. The Bertz CT molecular complexity index is 733. The summed E-state index contributed by atoms with van der Waals surface area (Å²) >= 11 is 5.90. The van der Waals surface area contributed by atoms with Crippen molar-refractivity contribution in [1.29, 1.82) is 0 Å². The van der Waals surface area contributed by atoms with Crippen LogP contribution in [0.2, 0.25) is 5.02 Å². The summed E-state index contributed by atoms with van der Waals surface area (Å²) in [4.78, 5) is 12.4. The van der Waals surface area contributed by atoms with Gasteiger partial charge in [-0.05, 0) is 24.3 Å². The van der Waals surface area contributed by atoms with Gasteiger partial charge in [-0.25, -0.2) is 4.52 Å². The van der Waals surface area contributed by atoms with Crippen LogP contribution in [0.5, 0.6) is 0 Å². The molecule has 0 fully saturated rings. The van der Waals surface area contributed by atoms with Gasteiger partial charge in [0.05, 0.1) is 17.3 Å². The highest BCUT2D eigenvalue weighted by Crippen LogP contribution is 2.18. The van der Waals surface area contributed by atoms with Crippen LogP contribution in [0.1, 0.15) is 15.9 Å². The third-order valence-electron chi connectivity index (χ3n) is 2.76. The molecule has 0 saturated carbocycles. The molecule has 0 aliphatic rings. The molecule has 88 valence electrons. The van der Waals surface area contributed by atoms with Crippen molar-refractivity contribution in [3.05, 3.63) is 71.0 Å². The average molecular weight is 257 g/mol.